The average Bonchev–Trinajstić information content (AvgIpc) is 2.74. The molecule has 0 aliphatic carbocycles. The summed E-state index contributed by atoms with van der Waals surface area (Å²) < 4.78 is 32.4. The van der Waals surface area contributed by atoms with E-state index in [0.29, 0.717) is 51.6 Å². The number of piperidine rings is 1. The normalized spacial score (nSPS) is 14.5. The van der Waals surface area contributed by atoms with E-state index in [1.54, 1.807) is 0 Å². The zero-order valence-corrected chi connectivity index (χ0v) is 16.1. The maximum Gasteiger partial charge on any atom is 0.256 e. The van der Waals surface area contributed by atoms with Gasteiger partial charge in [0.25, 0.3) is 5.91 Å². The molecule has 0 spiro atoms. The Kier molecular flexibility index (Phi) is 7.16. The van der Waals surface area contributed by atoms with E-state index in [-0.39, 0.29) is 17.4 Å². The van der Waals surface area contributed by atoms with Crippen LogP contribution in [0.5, 0.6) is 5.75 Å². The largest absolute Gasteiger partial charge is 0.494 e. The molecule has 3 rings (SSSR count). The Morgan fingerprint density at radius 1 is 1.07 bits per heavy atom. The Labute approximate surface area is 168 Å². The first-order valence-corrected chi connectivity index (χ1v) is 9.74. The summed E-state index contributed by atoms with van der Waals surface area (Å²) in [7, 11) is 0. The van der Waals surface area contributed by atoms with Gasteiger partial charge in [-0.05, 0) is 43.5 Å². The summed E-state index contributed by atoms with van der Waals surface area (Å²) in [6.45, 7) is 1.77. The molecule has 29 heavy (non-hydrogen) atoms. The van der Waals surface area contributed by atoms with Crippen LogP contribution in [0.1, 0.15) is 29.6 Å². The third-order valence-corrected chi connectivity index (χ3v) is 4.95. The summed E-state index contributed by atoms with van der Waals surface area (Å²) in [6, 6.07) is 12.4. The number of carbonyl (C=O) groups excluding carboxylic acids is 2. The lowest BCUT2D eigenvalue weighted by Gasteiger charge is -2.31. The standard InChI is InChI=1S/C22H24F2N2O3/c23-17-7-8-19(20(24)15-17)22(28)26-12-9-16(10-13-26)21(27)25-11-4-14-29-18-5-2-1-3-6-18/h1-3,5-8,15-16H,4,9-14H2,(H,25,27). The van der Waals surface area contributed by atoms with Gasteiger partial charge in [0, 0.05) is 31.6 Å². The molecule has 1 heterocycles. The van der Waals surface area contributed by atoms with Gasteiger partial charge in [0.2, 0.25) is 5.91 Å². The number of para-hydroxylation sites is 1. The van der Waals surface area contributed by atoms with Crippen molar-refractivity contribution < 1.29 is 23.1 Å². The van der Waals surface area contributed by atoms with Crippen LogP contribution in [0, 0.1) is 17.6 Å². The summed E-state index contributed by atoms with van der Waals surface area (Å²) in [5.41, 5.74) is -0.146. The Morgan fingerprint density at radius 2 is 1.79 bits per heavy atom. The van der Waals surface area contributed by atoms with E-state index in [1.807, 2.05) is 30.3 Å². The van der Waals surface area contributed by atoms with Crippen molar-refractivity contribution in [1.29, 1.82) is 0 Å². The molecule has 7 heteroatoms. The van der Waals surface area contributed by atoms with Crippen LogP contribution >= 0.6 is 0 Å². The topological polar surface area (TPSA) is 58.6 Å². The molecule has 0 aromatic heterocycles. The first-order chi connectivity index (χ1) is 14.0. The molecule has 1 aliphatic rings. The summed E-state index contributed by atoms with van der Waals surface area (Å²) in [5, 5.41) is 2.91. The zero-order chi connectivity index (χ0) is 20.6. The maximum atomic E-state index is 13.8. The van der Waals surface area contributed by atoms with Crippen LogP contribution in [0.2, 0.25) is 0 Å². The summed E-state index contributed by atoms with van der Waals surface area (Å²) in [6.07, 6.45) is 1.73. The molecule has 0 saturated carbocycles. The average molecular weight is 402 g/mol. The second-order valence-electron chi connectivity index (χ2n) is 7.00. The molecular weight excluding hydrogens is 378 g/mol. The molecular formula is C22H24F2N2O3. The van der Waals surface area contributed by atoms with Crippen LogP contribution in [-0.2, 0) is 4.79 Å². The lowest BCUT2D eigenvalue weighted by atomic mass is 9.95. The van der Waals surface area contributed by atoms with Crippen molar-refractivity contribution >= 4 is 11.8 Å². The molecule has 0 atom stereocenters. The molecule has 2 amide bonds. The van der Waals surface area contributed by atoms with Gasteiger partial charge >= 0.3 is 0 Å². The van der Waals surface area contributed by atoms with Crippen LogP contribution in [0.4, 0.5) is 8.78 Å². The van der Waals surface area contributed by atoms with E-state index in [4.69, 9.17) is 4.74 Å². The van der Waals surface area contributed by atoms with Crippen molar-refractivity contribution in [3.8, 4) is 5.75 Å². The van der Waals surface area contributed by atoms with Crippen LogP contribution in [0.25, 0.3) is 0 Å². The number of hydrogen-bond acceptors (Lipinski definition) is 3. The predicted molar refractivity (Wildman–Crippen MR) is 105 cm³/mol. The number of rotatable bonds is 7. The quantitative estimate of drug-likeness (QED) is 0.722. The van der Waals surface area contributed by atoms with Crippen molar-refractivity contribution in [2.45, 2.75) is 19.3 Å². The molecule has 1 fully saturated rings. The van der Waals surface area contributed by atoms with E-state index in [2.05, 4.69) is 5.32 Å². The van der Waals surface area contributed by atoms with Gasteiger partial charge in [0.1, 0.15) is 17.4 Å². The Balaban J connectivity index is 1.37. The number of benzene rings is 2. The molecule has 0 bridgehead atoms. The number of hydrogen-bond donors (Lipinski definition) is 1. The molecule has 1 aliphatic heterocycles. The number of carbonyl (C=O) groups is 2. The SMILES string of the molecule is O=C(NCCCOc1ccccc1)C1CCN(C(=O)c2ccc(F)cc2F)CC1. The minimum atomic E-state index is -0.868. The van der Waals surface area contributed by atoms with Crippen molar-refractivity contribution in [2.75, 3.05) is 26.2 Å². The highest BCUT2D eigenvalue weighted by molar-refractivity contribution is 5.94. The van der Waals surface area contributed by atoms with Crippen molar-refractivity contribution in [2.24, 2.45) is 5.92 Å². The zero-order valence-electron chi connectivity index (χ0n) is 16.1. The Bertz CT molecular complexity index is 837. The molecule has 0 unspecified atom stereocenters. The molecule has 5 nitrogen and oxygen atoms in total. The van der Waals surface area contributed by atoms with Gasteiger partial charge in [-0.1, -0.05) is 18.2 Å². The number of halogens is 2. The number of ether oxygens (including phenoxy) is 1. The Hall–Kier alpha value is -2.96. The molecule has 1 saturated heterocycles. The third kappa shape index (κ3) is 5.76. The smallest absolute Gasteiger partial charge is 0.256 e. The molecule has 154 valence electrons. The number of nitrogens with one attached hydrogen (secondary N) is 1. The van der Waals surface area contributed by atoms with Crippen LogP contribution in [0.3, 0.4) is 0 Å². The number of nitrogens with zero attached hydrogens (tertiary/aromatic N) is 1. The highest BCUT2D eigenvalue weighted by Gasteiger charge is 2.28. The number of amides is 2. The van der Waals surface area contributed by atoms with Gasteiger partial charge in [0.05, 0.1) is 12.2 Å². The second kappa shape index (κ2) is 10.0. The minimum Gasteiger partial charge on any atom is -0.494 e. The highest BCUT2D eigenvalue weighted by atomic mass is 19.1. The molecule has 1 N–H and O–H groups in total. The van der Waals surface area contributed by atoms with Gasteiger partial charge in [-0.2, -0.15) is 0 Å². The third-order valence-electron chi connectivity index (χ3n) is 4.95. The van der Waals surface area contributed by atoms with Crippen LogP contribution in [0.15, 0.2) is 48.5 Å². The minimum absolute atomic E-state index is 0.0372. The van der Waals surface area contributed by atoms with Gasteiger partial charge < -0.3 is 15.0 Å². The van der Waals surface area contributed by atoms with Crippen LogP contribution < -0.4 is 10.1 Å². The predicted octanol–water partition coefficient (Wildman–Crippen LogP) is 3.40. The van der Waals surface area contributed by atoms with E-state index in [1.165, 1.54) is 4.90 Å². The van der Waals surface area contributed by atoms with Crippen LogP contribution in [-0.4, -0.2) is 43.0 Å². The van der Waals surface area contributed by atoms with Gasteiger partial charge in [0.15, 0.2) is 0 Å². The lowest BCUT2D eigenvalue weighted by Crippen LogP contribution is -2.43. The van der Waals surface area contributed by atoms with Gasteiger partial charge in [-0.3, -0.25) is 9.59 Å². The monoisotopic (exact) mass is 402 g/mol. The number of likely N-dealkylation sites (tertiary alicyclic amines) is 1. The van der Waals surface area contributed by atoms with E-state index in [9.17, 15) is 18.4 Å². The lowest BCUT2D eigenvalue weighted by molar-refractivity contribution is -0.126. The van der Waals surface area contributed by atoms with Gasteiger partial charge in [-0.15, -0.1) is 0 Å². The Morgan fingerprint density at radius 3 is 2.48 bits per heavy atom. The second-order valence-corrected chi connectivity index (χ2v) is 7.00. The fraction of sp³-hybridized carbons (Fsp3) is 0.364. The first kappa shape index (κ1) is 20.8. The molecule has 2 aromatic carbocycles. The first-order valence-electron chi connectivity index (χ1n) is 9.74. The molecule has 0 radical (unpaired) electrons. The van der Waals surface area contributed by atoms with Crippen molar-refractivity contribution in [3.63, 3.8) is 0 Å². The summed E-state index contributed by atoms with van der Waals surface area (Å²) >= 11 is 0. The van der Waals surface area contributed by atoms with E-state index >= 15 is 0 Å². The van der Waals surface area contributed by atoms with Crippen molar-refractivity contribution in [3.05, 3.63) is 65.7 Å². The van der Waals surface area contributed by atoms with E-state index in [0.717, 1.165) is 17.9 Å². The van der Waals surface area contributed by atoms with E-state index < -0.39 is 17.5 Å². The summed E-state index contributed by atoms with van der Waals surface area (Å²) in [5.74, 6) is -1.47. The maximum absolute atomic E-state index is 13.8. The molecule has 2 aromatic rings. The fourth-order valence-electron chi connectivity index (χ4n) is 3.31. The highest BCUT2D eigenvalue weighted by Crippen LogP contribution is 2.20. The van der Waals surface area contributed by atoms with Crippen molar-refractivity contribution in [1.82, 2.24) is 10.2 Å². The summed E-state index contributed by atoms with van der Waals surface area (Å²) in [4.78, 5) is 26.2. The van der Waals surface area contributed by atoms with Gasteiger partial charge in [-0.25, -0.2) is 8.78 Å². The fourth-order valence-corrected chi connectivity index (χ4v) is 3.31.